The summed E-state index contributed by atoms with van der Waals surface area (Å²) in [4.78, 5) is 25.5. The first-order valence-corrected chi connectivity index (χ1v) is 11.9. The molecule has 0 bridgehead atoms. The average Bonchev–Trinajstić information content (AvgIpc) is 2.90. The molecule has 9 nitrogen and oxygen atoms in total. The lowest BCUT2D eigenvalue weighted by molar-refractivity contribution is 0.0953. The van der Waals surface area contributed by atoms with Gasteiger partial charge in [0.05, 0.1) is 0 Å². The van der Waals surface area contributed by atoms with Gasteiger partial charge in [-0.2, -0.15) is 15.0 Å². The number of hydrogen-bond acceptors (Lipinski definition) is 8. The molecule has 0 atom stereocenters. The van der Waals surface area contributed by atoms with E-state index in [1.807, 2.05) is 48.5 Å². The maximum atomic E-state index is 12.1. The molecule has 0 saturated carbocycles. The van der Waals surface area contributed by atoms with Crippen molar-refractivity contribution in [1.29, 1.82) is 0 Å². The van der Waals surface area contributed by atoms with E-state index >= 15 is 0 Å². The summed E-state index contributed by atoms with van der Waals surface area (Å²) >= 11 is 0. The van der Waals surface area contributed by atoms with Crippen LogP contribution in [0.15, 0.2) is 84.9 Å². The van der Waals surface area contributed by atoms with Crippen LogP contribution in [0.5, 0.6) is 5.75 Å². The van der Waals surface area contributed by atoms with Gasteiger partial charge < -0.3 is 26.4 Å². The van der Waals surface area contributed by atoms with Gasteiger partial charge in [-0.15, -0.1) is 0 Å². The van der Waals surface area contributed by atoms with Gasteiger partial charge in [0, 0.05) is 30.0 Å². The molecule has 5 N–H and O–H groups in total. The number of anilines is 5. The van der Waals surface area contributed by atoms with E-state index in [-0.39, 0.29) is 11.7 Å². The lowest BCUT2D eigenvalue weighted by Gasteiger charge is -2.11. The minimum atomic E-state index is -0.0500. The van der Waals surface area contributed by atoms with Crippen LogP contribution in [-0.4, -0.2) is 39.1 Å². The molecule has 184 valence electrons. The Morgan fingerprint density at radius 2 is 1.19 bits per heavy atom. The summed E-state index contributed by atoms with van der Waals surface area (Å²) in [5.41, 5.74) is 2.28. The molecule has 0 spiro atoms. The van der Waals surface area contributed by atoms with Crippen LogP contribution >= 0.6 is 0 Å². The highest BCUT2D eigenvalue weighted by atomic mass is 16.3. The third-order valence-electron chi connectivity index (χ3n) is 5.25. The van der Waals surface area contributed by atoms with Crippen LogP contribution in [0.2, 0.25) is 0 Å². The number of rotatable bonds is 12. The molecule has 3 aromatic carbocycles. The smallest absolute Gasteiger partial charge is 0.251 e. The summed E-state index contributed by atoms with van der Waals surface area (Å²) in [5, 5.41) is 22.1. The minimum Gasteiger partial charge on any atom is -0.508 e. The topological polar surface area (TPSA) is 124 Å². The van der Waals surface area contributed by atoms with Gasteiger partial charge in [-0.05, 0) is 67.8 Å². The molecule has 4 aromatic rings. The van der Waals surface area contributed by atoms with Crippen LogP contribution < -0.4 is 21.3 Å². The number of unbranched alkanes of at least 4 members (excludes halogenated alkanes) is 2. The van der Waals surface area contributed by atoms with Crippen molar-refractivity contribution in [2.24, 2.45) is 0 Å². The largest absolute Gasteiger partial charge is 0.508 e. The SMILES string of the molecule is O=C(NCCCCCNc1nc(Nc2ccccc2)nc(Nc2ccc(O)cc2)n1)c1ccccc1. The Kier molecular flexibility index (Phi) is 8.63. The number of phenolic OH excluding ortho intramolecular Hbond substituents is 1. The fourth-order valence-corrected chi connectivity index (χ4v) is 3.41. The molecule has 0 fully saturated rings. The molecular weight excluding hydrogens is 454 g/mol. The van der Waals surface area contributed by atoms with E-state index in [9.17, 15) is 9.90 Å². The Morgan fingerprint density at radius 3 is 1.86 bits per heavy atom. The van der Waals surface area contributed by atoms with E-state index in [0.29, 0.717) is 36.5 Å². The van der Waals surface area contributed by atoms with Gasteiger partial charge in [0.15, 0.2) is 0 Å². The van der Waals surface area contributed by atoms with Crippen molar-refractivity contribution in [3.63, 3.8) is 0 Å². The number of nitrogens with one attached hydrogen (secondary N) is 4. The minimum absolute atomic E-state index is 0.0500. The van der Waals surface area contributed by atoms with Gasteiger partial charge in [0.1, 0.15) is 5.75 Å². The molecule has 4 rings (SSSR count). The Bertz CT molecular complexity index is 1240. The summed E-state index contributed by atoms with van der Waals surface area (Å²) in [5.74, 6) is 1.36. The Labute approximate surface area is 210 Å². The van der Waals surface area contributed by atoms with E-state index in [1.165, 1.54) is 0 Å². The Balaban J connectivity index is 1.29. The van der Waals surface area contributed by atoms with Crippen molar-refractivity contribution in [3.8, 4) is 5.75 Å². The summed E-state index contributed by atoms with van der Waals surface area (Å²) < 4.78 is 0. The van der Waals surface area contributed by atoms with Crippen LogP contribution in [-0.2, 0) is 0 Å². The van der Waals surface area contributed by atoms with E-state index in [1.54, 1.807) is 36.4 Å². The molecule has 0 aliphatic heterocycles. The summed E-state index contributed by atoms with van der Waals surface area (Å²) in [6, 6.07) is 25.5. The summed E-state index contributed by atoms with van der Waals surface area (Å²) in [6.45, 7) is 1.31. The molecule has 1 amide bonds. The molecule has 0 aliphatic rings. The highest BCUT2D eigenvalue weighted by molar-refractivity contribution is 5.94. The van der Waals surface area contributed by atoms with Crippen LogP contribution in [0.1, 0.15) is 29.6 Å². The molecule has 0 radical (unpaired) electrons. The van der Waals surface area contributed by atoms with Gasteiger partial charge in [-0.25, -0.2) is 0 Å². The number of carbonyl (C=O) groups excluding carboxylic acids is 1. The van der Waals surface area contributed by atoms with Gasteiger partial charge in [0.25, 0.3) is 5.91 Å². The number of carbonyl (C=O) groups is 1. The normalized spacial score (nSPS) is 10.4. The molecule has 1 heterocycles. The number of hydrogen-bond donors (Lipinski definition) is 5. The van der Waals surface area contributed by atoms with Gasteiger partial charge in [-0.1, -0.05) is 36.4 Å². The third kappa shape index (κ3) is 7.69. The third-order valence-corrected chi connectivity index (χ3v) is 5.25. The fourth-order valence-electron chi connectivity index (χ4n) is 3.41. The van der Waals surface area contributed by atoms with E-state index in [4.69, 9.17) is 0 Å². The monoisotopic (exact) mass is 483 g/mol. The Morgan fingerprint density at radius 1 is 0.639 bits per heavy atom. The lowest BCUT2D eigenvalue weighted by Crippen LogP contribution is -2.24. The zero-order chi connectivity index (χ0) is 25.0. The van der Waals surface area contributed by atoms with Crippen LogP contribution in [0.4, 0.5) is 29.2 Å². The Hall–Kier alpha value is -4.66. The molecule has 9 heteroatoms. The number of nitrogens with zero attached hydrogens (tertiary/aromatic N) is 3. The number of phenols is 1. The average molecular weight is 484 g/mol. The van der Waals surface area contributed by atoms with Crippen LogP contribution in [0, 0.1) is 0 Å². The highest BCUT2D eigenvalue weighted by Gasteiger charge is 2.08. The molecule has 0 unspecified atom stereocenters. The van der Waals surface area contributed by atoms with Crippen molar-refractivity contribution < 1.29 is 9.90 Å². The second-order valence-corrected chi connectivity index (χ2v) is 8.08. The first-order valence-electron chi connectivity index (χ1n) is 11.9. The van der Waals surface area contributed by atoms with E-state index < -0.39 is 0 Å². The van der Waals surface area contributed by atoms with Gasteiger partial charge >= 0.3 is 0 Å². The number of aromatic hydroxyl groups is 1. The number of para-hydroxylation sites is 1. The predicted octanol–water partition coefficient (Wildman–Crippen LogP) is 5.08. The van der Waals surface area contributed by atoms with E-state index in [0.717, 1.165) is 30.6 Å². The van der Waals surface area contributed by atoms with Crippen molar-refractivity contribution in [2.75, 3.05) is 29.0 Å². The van der Waals surface area contributed by atoms with Crippen LogP contribution in [0.25, 0.3) is 0 Å². The quantitative estimate of drug-likeness (QED) is 0.140. The zero-order valence-electron chi connectivity index (χ0n) is 19.8. The standard InChI is InChI=1S/C27H29N7O2/c35-23-16-14-22(15-17-23)31-27-33-25(32-26(34-27)30-21-12-6-2-7-13-21)29-19-9-3-8-18-28-24(36)20-10-4-1-5-11-20/h1-2,4-7,10-17,35H,3,8-9,18-19H2,(H,28,36)(H3,29,30,31,32,33,34). The van der Waals surface area contributed by atoms with Crippen molar-refractivity contribution >= 4 is 35.1 Å². The molecule has 0 saturated heterocycles. The summed E-state index contributed by atoms with van der Waals surface area (Å²) in [6.07, 6.45) is 2.72. The first-order chi connectivity index (χ1) is 17.7. The van der Waals surface area contributed by atoms with Crippen molar-refractivity contribution in [2.45, 2.75) is 19.3 Å². The summed E-state index contributed by atoms with van der Waals surface area (Å²) in [7, 11) is 0. The van der Waals surface area contributed by atoms with Crippen LogP contribution in [0.3, 0.4) is 0 Å². The van der Waals surface area contributed by atoms with Gasteiger partial charge in [0.2, 0.25) is 17.8 Å². The number of amides is 1. The molecule has 36 heavy (non-hydrogen) atoms. The number of aromatic nitrogens is 3. The lowest BCUT2D eigenvalue weighted by atomic mass is 10.2. The van der Waals surface area contributed by atoms with E-state index in [2.05, 4.69) is 36.2 Å². The molecule has 0 aliphatic carbocycles. The molecule has 1 aromatic heterocycles. The van der Waals surface area contributed by atoms with Crippen molar-refractivity contribution in [1.82, 2.24) is 20.3 Å². The maximum absolute atomic E-state index is 12.1. The predicted molar refractivity (Wildman–Crippen MR) is 142 cm³/mol. The number of benzene rings is 3. The van der Waals surface area contributed by atoms with Crippen molar-refractivity contribution in [3.05, 3.63) is 90.5 Å². The second kappa shape index (κ2) is 12.7. The molecular formula is C27H29N7O2. The highest BCUT2D eigenvalue weighted by Crippen LogP contribution is 2.20. The zero-order valence-corrected chi connectivity index (χ0v) is 19.8. The second-order valence-electron chi connectivity index (χ2n) is 8.08. The fraction of sp³-hybridized carbons (Fsp3) is 0.185. The first kappa shape index (κ1) is 24.5. The maximum Gasteiger partial charge on any atom is 0.251 e. The van der Waals surface area contributed by atoms with Gasteiger partial charge in [-0.3, -0.25) is 4.79 Å².